The first kappa shape index (κ1) is 9.82. The fourth-order valence-electron chi connectivity index (χ4n) is 1.25. The van der Waals surface area contributed by atoms with Gasteiger partial charge in [0.05, 0.1) is 17.4 Å². The maximum absolute atomic E-state index is 8.90. The monoisotopic (exact) mass is 210 g/mol. The highest BCUT2D eigenvalue weighted by atomic mass is 16.5. The molecule has 0 saturated carbocycles. The van der Waals surface area contributed by atoms with Crippen molar-refractivity contribution in [2.24, 2.45) is 0 Å². The molecule has 0 N–H and O–H groups in total. The fourth-order valence-corrected chi connectivity index (χ4v) is 1.25. The van der Waals surface area contributed by atoms with E-state index in [2.05, 4.69) is 0 Å². The van der Waals surface area contributed by atoms with Gasteiger partial charge in [0.25, 0.3) is 0 Å². The van der Waals surface area contributed by atoms with Crippen molar-refractivity contribution in [2.45, 2.75) is 0 Å². The number of ether oxygens (including phenoxy) is 1. The Morgan fingerprint density at radius 2 is 1.75 bits per heavy atom. The van der Waals surface area contributed by atoms with E-state index in [9.17, 15) is 0 Å². The van der Waals surface area contributed by atoms with Gasteiger partial charge in [0.15, 0.2) is 11.5 Å². The van der Waals surface area contributed by atoms with Crippen LogP contribution in [-0.4, -0.2) is 0 Å². The first-order chi connectivity index (χ1) is 7.85. The minimum Gasteiger partial charge on any atom is -0.469 e. The Morgan fingerprint density at radius 3 is 2.25 bits per heavy atom. The minimum atomic E-state index is 0.258. The van der Waals surface area contributed by atoms with Crippen LogP contribution < -0.4 is 4.74 Å². The van der Waals surface area contributed by atoms with Gasteiger partial charge in [0, 0.05) is 6.07 Å². The highest BCUT2D eigenvalue weighted by Crippen LogP contribution is 2.28. The summed E-state index contributed by atoms with van der Waals surface area (Å²) in [5.74, 6) is 0.716. The maximum Gasteiger partial charge on any atom is 0.165 e. The van der Waals surface area contributed by atoms with Gasteiger partial charge >= 0.3 is 0 Å². The third kappa shape index (κ3) is 1.73. The van der Waals surface area contributed by atoms with Crippen LogP contribution in [0.25, 0.3) is 0 Å². The van der Waals surface area contributed by atoms with Crippen molar-refractivity contribution in [3.05, 3.63) is 47.9 Å². The maximum atomic E-state index is 8.90. The number of hydrogen-bond donors (Lipinski definition) is 0. The number of benzene rings is 1. The summed E-state index contributed by atoms with van der Waals surface area (Å²) in [6, 6.07) is 10.4. The van der Waals surface area contributed by atoms with Crippen molar-refractivity contribution in [3.8, 4) is 23.6 Å². The molecule has 0 aliphatic carbocycles. The highest BCUT2D eigenvalue weighted by molar-refractivity contribution is 5.54. The average molecular weight is 210 g/mol. The number of furan rings is 1. The Kier molecular flexibility index (Phi) is 2.58. The fraction of sp³-hybridized carbons (Fsp3) is 0. The lowest BCUT2D eigenvalue weighted by atomic mass is 10.1. The molecule has 0 amide bonds. The van der Waals surface area contributed by atoms with Crippen molar-refractivity contribution < 1.29 is 9.15 Å². The Bertz CT molecular complexity index is 542. The molecule has 0 radical (unpaired) electrons. The number of hydrogen-bond acceptors (Lipinski definition) is 4. The Labute approximate surface area is 91.9 Å². The number of rotatable bonds is 2. The van der Waals surface area contributed by atoms with E-state index < -0.39 is 0 Å². The summed E-state index contributed by atoms with van der Waals surface area (Å²) in [6.45, 7) is 0. The van der Waals surface area contributed by atoms with Gasteiger partial charge in [0.1, 0.15) is 18.4 Å². The molecule has 0 unspecified atom stereocenters. The van der Waals surface area contributed by atoms with Crippen molar-refractivity contribution in [3.63, 3.8) is 0 Å². The second-order valence-corrected chi connectivity index (χ2v) is 2.97. The van der Waals surface area contributed by atoms with E-state index in [1.807, 2.05) is 12.1 Å². The van der Waals surface area contributed by atoms with E-state index in [4.69, 9.17) is 19.7 Å². The number of nitriles is 2. The molecule has 16 heavy (non-hydrogen) atoms. The van der Waals surface area contributed by atoms with Crippen molar-refractivity contribution in [1.82, 2.24) is 0 Å². The Morgan fingerprint density at radius 1 is 1.06 bits per heavy atom. The predicted molar refractivity (Wildman–Crippen MR) is 54.7 cm³/mol. The van der Waals surface area contributed by atoms with E-state index in [1.54, 1.807) is 24.3 Å². The third-order valence-electron chi connectivity index (χ3n) is 1.97. The van der Waals surface area contributed by atoms with E-state index in [0.29, 0.717) is 16.9 Å². The number of para-hydroxylation sites is 1. The van der Waals surface area contributed by atoms with Gasteiger partial charge < -0.3 is 9.15 Å². The van der Waals surface area contributed by atoms with Gasteiger partial charge in [-0.3, -0.25) is 0 Å². The molecule has 1 aromatic carbocycles. The molecule has 2 rings (SSSR count). The second-order valence-electron chi connectivity index (χ2n) is 2.97. The standard InChI is InChI=1S/C12H6N2O2/c13-6-9-2-1-3-10(7-14)12(9)16-11-4-5-15-8-11/h1-5,8H. The van der Waals surface area contributed by atoms with Crippen molar-refractivity contribution in [1.29, 1.82) is 10.5 Å². The van der Waals surface area contributed by atoms with E-state index in [1.165, 1.54) is 12.5 Å². The summed E-state index contributed by atoms with van der Waals surface area (Å²) >= 11 is 0. The summed E-state index contributed by atoms with van der Waals surface area (Å²) in [4.78, 5) is 0. The van der Waals surface area contributed by atoms with Crippen LogP contribution in [0, 0.1) is 22.7 Å². The molecular weight excluding hydrogens is 204 g/mol. The van der Waals surface area contributed by atoms with E-state index in [0.717, 1.165) is 0 Å². The van der Waals surface area contributed by atoms with Crippen LogP contribution in [0.3, 0.4) is 0 Å². The predicted octanol–water partition coefficient (Wildman–Crippen LogP) is 2.82. The SMILES string of the molecule is N#Cc1cccc(C#N)c1Oc1ccoc1. The third-order valence-corrected chi connectivity index (χ3v) is 1.97. The Balaban J connectivity index is 2.47. The molecule has 0 saturated heterocycles. The quantitative estimate of drug-likeness (QED) is 0.764. The average Bonchev–Trinajstić information content (AvgIpc) is 2.82. The largest absolute Gasteiger partial charge is 0.469 e. The van der Waals surface area contributed by atoms with Crippen LogP contribution in [0.1, 0.15) is 11.1 Å². The Hall–Kier alpha value is -2.72. The van der Waals surface area contributed by atoms with Crippen LogP contribution in [0.4, 0.5) is 0 Å². The zero-order valence-corrected chi connectivity index (χ0v) is 8.18. The van der Waals surface area contributed by atoms with Gasteiger partial charge in [-0.15, -0.1) is 0 Å². The van der Waals surface area contributed by atoms with Crippen LogP contribution >= 0.6 is 0 Å². The second kappa shape index (κ2) is 4.20. The molecule has 0 bridgehead atoms. The topological polar surface area (TPSA) is 70.0 Å². The molecule has 4 heteroatoms. The lowest BCUT2D eigenvalue weighted by Gasteiger charge is -2.05. The molecule has 1 heterocycles. The lowest BCUT2D eigenvalue weighted by molar-refractivity contribution is 0.463. The molecule has 1 aromatic heterocycles. The molecule has 0 fully saturated rings. The first-order valence-corrected chi connectivity index (χ1v) is 4.48. The van der Waals surface area contributed by atoms with Crippen LogP contribution in [0.15, 0.2) is 41.2 Å². The van der Waals surface area contributed by atoms with Crippen LogP contribution in [-0.2, 0) is 0 Å². The van der Waals surface area contributed by atoms with Crippen molar-refractivity contribution >= 4 is 0 Å². The van der Waals surface area contributed by atoms with Gasteiger partial charge in [-0.05, 0) is 12.1 Å². The van der Waals surface area contributed by atoms with Crippen LogP contribution in [0.5, 0.6) is 11.5 Å². The molecule has 0 aliphatic heterocycles. The first-order valence-electron chi connectivity index (χ1n) is 4.48. The van der Waals surface area contributed by atoms with Gasteiger partial charge in [0.2, 0.25) is 0 Å². The number of nitrogens with zero attached hydrogens (tertiary/aromatic N) is 2. The highest BCUT2D eigenvalue weighted by Gasteiger charge is 2.10. The summed E-state index contributed by atoms with van der Waals surface area (Å²) in [7, 11) is 0. The summed E-state index contributed by atoms with van der Waals surface area (Å²) in [5.41, 5.74) is 0.639. The summed E-state index contributed by atoms with van der Waals surface area (Å²) < 4.78 is 10.3. The summed E-state index contributed by atoms with van der Waals surface area (Å²) in [6.07, 6.45) is 2.85. The molecule has 2 aromatic rings. The smallest absolute Gasteiger partial charge is 0.165 e. The van der Waals surface area contributed by atoms with Gasteiger partial charge in [-0.25, -0.2) is 0 Å². The zero-order valence-electron chi connectivity index (χ0n) is 8.18. The summed E-state index contributed by atoms with van der Waals surface area (Å²) in [5, 5.41) is 17.8. The molecule has 0 atom stereocenters. The minimum absolute atomic E-state index is 0.258. The molecule has 76 valence electrons. The molecule has 4 nitrogen and oxygen atoms in total. The van der Waals surface area contributed by atoms with Crippen molar-refractivity contribution in [2.75, 3.05) is 0 Å². The zero-order chi connectivity index (χ0) is 11.4. The molecule has 0 spiro atoms. The lowest BCUT2D eigenvalue weighted by Crippen LogP contribution is -1.90. The van der Waals surface area contributed by atoms with E-state index >= 15 is 0 Å². The van der Waals surface area contributed by atoms with Gasteiger partial charge in [-0.1, -0.05) is 6.07 Å². The van der Waals surface area contributed by atoms with Gasteiger partial charge in [-0.2, -0.15) is 10.5 Å². The van der Waals surface area contributed by atoms with E-state index in [-0.39, 0.29) is 5.75 Å². The van der Waals surface area contributed by atoms with Crippen LogP contribution in [0.2, 0.25) is 0 Å². The molecule has 0 aliphatic rings. The molecular formula is C12H6N2O2. The normalized spacial score (nSPS) is 9.12.